The van der Waals surface area contributed by atoms with Crippen LogP contribution in [0.15, 0.2) is 54.6 Å². The van der Waals surface area contributed by atoms with Crippen LogP contribution in [0.5, 0.6) is 0 Å². The van der Waals surface area contributed by atoms with Gasteiger partial charge >= 0.3 is 5.97 Å². The molecule has 5 rings (SSSR count). The van der Waals surface area contributed by atoms with Crippen LogP contribution in [-0.2, 0) is 19.1 Å². The lowest BCUT2D eigenvalue weighted by Crippen LogP contribution is -2.40. The molecular weight excluding hydrogens is 354 g/mol. The van der Waals surface area contributed by atoms with E-state index >= 15 is 0 Å². The zero-order valence-corrected chi connectivity index (χ0v) is 16.0. The summed E-state index contributed by atoms with van der Waals surface area (Å²) >= 11 is 0. The number of amides is 1. The number of carbonyl (C=O) groups is 2. The second kappa shape index (κ2) is 6.17. The average Bonchev–Trinajstić information content (AvgIpc) is 3.34. The van der Waals surface area contributed by atoms with Crippen LogP contribution < -0.4 is 4.90 Å². The van der Waals surface area contributed by atoms with Crippen molar-refractivity contribution < 1.29 is 19.1 Å². The van der Waals surface area contributed by atoms with Crippen LogP contribution >= 0.6 is 0 Å². The molecule has 2 bridgehead atoms. The van der Waals surface area contributed by atoms with Crippen molar-refractivity contribution in [1.82, 2.24) is 0 Å². The molecule has 0 aromatic heterocycles. The maximum Gasteiger partial charge on any atom is 0.312 e. The van der Waals surface area contributed by atoms with Crippen molar-refractivity contribution in [3.8, 4) is 0 Å². The molecule has 3 aliphatic rings. The first-order chi connectivity index (χ1) is 13.5. The fourth-order valence-electron chi connectivity index (χ4n) is 4.76. The molecule has 5 heteroatoms. The highest BCUT2D eigenvalue weighted by molar-refractivity contribution is 6.08. The van der Waals surface area contributed by atoms with E-state index in [1.165, 1.54) is 0 Å². The maximum absolute atomic E-state index is 13.5. The lowest BCUT2D eigenvalue weighted by molar-refractivity contribution is -0.153. The molecule has 144 valence electrons. The van der Waals surface area contributed by atoms with Crippen LogP contribution in [0.25, 0.3) is 10.8 Å². The van der Waals surface area contributed by atoms with Crippen molar-refractivity contribution in [1.29, 1.82) is 0 Å². The minimum atomic E-state index is -0.736. The van der Waals surface area contributed by atoms with Crippen LogP contribution in [0.1, 0.15) is 13.8 Å². The summed E-state index contributed by atoms with van der Waals surface area (Å²) in [5.74, 6) is -1.24. The molecule has 0 unspecified atom stereocenters. The van der Waals surface area contributed by atoms with E-state index < -0.39 is 17.4 Å². The molecule has 0 N–H and O–H groups in total. The first-order valence-electron chi connectivity index (χ1n) is 9.83. The molecule has 4 atom stereocenters. The fourth-order valence-corrected chi connectivity index (χ4v) is 4.76. The number of benzene rings is 2. The Morgan fingerprint density at radius 3 is 2.86 bits per heavy atom. The topological polar surface area (TPSA) is 55.8 Å². The molecule has 1 amide bonds. The van der Waals surface area contributed by atoms with E-state index in [0.29, 0.717) is 13.2 Å². The molecule has 0 saturated carbocycles. The monoisotopic (exact) mass is 377 g/mol. The highest BCUT2D eigenvalue weighted by Crippen LogP contribution is 2.53. The summed E-state index contributed by atoms with van der Waals surface area (Å²) in [6.45, 7) is 4.77. The Hall–Kier alpha value is -2.66. The van der Waals surface area contributed by atoms with Gasteiger partial charge < -0.3 is 14.4 Å². The quantitative estimate of drug-likeness (QED) is 0.606. The Kier molecular flexibility index (Phi) is 3.85. The van der Waals surface area contributed by atoms with Gasteiger partial charge in [-0.3, -0.25) is 9.59 Å². The number of nitrogens with zero attached hydrogens (tertiary/aromatic N) is 1. The van der Waals surface area contributed by atoms with Gasteiger partial charge in [-0.05, 0) is 17.4 Å². The minimum Gasteiger partial charge on any atom is -0.465 e. The van der Waals surface area contributed by atoms with E-state index in [1.54, 1.807) is 4.90 Å². The molecule has 2 saturated heterocycles. The van der Waals surface area contributed by atoms with Crippen molar-refractivity contribution in [3.63, 3.8) is 0 Å². The van der Waals surface area contributed by atoms with Gasteiger partial charge in [0.25, 0.3) is 0 Å². The summed E-state index contributed by atoms with van der Waals surface area (Å²) < 4.78 is 11.7. The maximum atomic E-state index is 13.5. The summed E-state index contributed by atoms with van der Waals surface area (Å²) in [6.07, 6.45) is 3.51. The zero-order valence-electron chi connectivity index (χ0n) is 16.0. The second-order valence-corrected chi connectivity index (χ2v) is 8.35. The van der Waals surface area contributed by atoms with Crippen molar-refractivity contribution in [2.75, 3.05) is 18.1 Å². The Morgan fingerprint density at radius 2 is 2.04 bits per heavy atom. The summed E-state index contributed by atoms with van der Waals surface area (Å²) in [4.78, 5) is 28.0. The molecule has 0 radical (unpaired) electrons. The Morgan fingerprint density at radius 1 is 1.25 bits per heavy atom. The number of fused-ring (bicyclic) bond motifs is 2. The van der Waals surface area contributed by atoms with Crippen molar-refractivity contribution in [3.05, 3.63) is 54.6 Å². The highest BCUT2D eigenvalue weighted by Gasteiger charge is 2.67. The Balaban J connectivity index is 1.50. The third-order valence-electron chi connectivity index (χ3n) is 5.99. The van der Waals surface area contributed by atoms with Gasteiger partial charge in [-0.15, -0.1) is 0 Å². The van der Waals surface area contributed by atoms with Gasteiger partial charge in [0.15, 0.2) is 0 Å². The van der Waals surface area contributed by atoms with Crippen LogP contribution in [-0.4, -0.2) is 36.7 Å². The molecule has 1 spiro atoms. The summed E-state index contributed by atoms with van der Waals surface area (Å²) in [7, 11) is 0. The molecule has 3 heterocycles. The molecule has 5 nitrogen and oxygen atoms in total. The number of carbonyl (C=O) groups excluding carboxylic acids is 2. The van der Waals surface area contributed by atoms with Crippen molar-refractivity contribution in [2.45, 2.75) is 25.6 Å². The molecule has 2 aromatic rings. The number of ether oxygens (including phenoxy) is 2. The Labute approximate surface area is 163 Å². The van der Waals surface area contributed by atoms with Gasteiger partial charge in [0, 0.05) is 5.39 Å². The van der Waals surface area contributed by atoms with E-state index in [1.807, 2.05) is 68.5 Å². The number of rotatable bonds is 4. The van der Waals surface area contributed by atoms with Gasteiger partial charge in [0.1, 0.15) is 11.5 Å². The van der Waals surface area contributed by atoms with Crippen LogP contribution in [0.4, 0.5) is 5.69 Å². The summed E-state index contributed by atoms with van der Waals surface area (Å²) in [5, 5.41) is 2.10. The smallest absolute Gasteiger partial charge is 0.312 e. The highest BCUT2D eigenvalue weighted by atomic mass is 16.6. The van der Waals surface area contributed by atoms with Gasteiger partial charge in [-0.25, -0.2) is 0 Å². The SMILES string of the molecule is CC(C)COC(=O)[C@@H]1[C@H]2C(=O)N(c3cccc4ccccc34)C[C@]23C=C[C@H]1O3. The number of hydrogen-bond donors (Lipinski definition) is 0. The normalized spacial score (nSPS) is 30.5. The predicted molar refractivity (Wildman–Crippen MR) is 106 cm³/mol. The van der Waals surface area contributed by atoms with E-state index in [9.17, 15) is 9.59 Å². The second-order valence-electron chi connectivity index (χ2n) is 8.35. The zero-order chi connectivity index (χ0) is 19.5. The largest absolute Gasteiger partial charge is 0.465 e. The van der Waals surface area contributed by atoms with Crippen molar-refractivity contribution >= 4 is 28.3 Å². The Bertz CT molecular complexity index is 992. The number of anilines is 1. The molecule has 2 aromatic carbocycles. The van der Waals surface area contributed by atoms with Crippen LogP contribution in [0.3, 0.4) is 0 Å². The van der Waals surface area contributed by atoms with Crippen LogP contribution in [0.2, 0.25) is 0 Å². The first-order valence-corrected chi connectivity index (χ1v) is 9.83. The van der Waals surface area contributed by atoms with Gasteiger partial charge in [0.05, 0.1) is 30.9 Å². The molecular formula is C23H23NO4. The van der Waals surface area contributed by atoms with Crippen molar-refractivity contribution in [2.24, 2.45) is 17.8 Å². The summed E-state index contributed by atoms with van der Waals surface area (Å²) in [5.41, 5.74) is 0.127. The molecule has 28 heavy (non-hydrogen) atoms. The number of esters is 1. The fraction of sp³-hybridized carbons (Fsp3) is 0.391. The standard InChI is InChI=1S/C23H23NO4/c1-14(2)12-27-22(26)19-18-10-11-23(28-18)13-24(21(25)20(19)23)17-9-5-7-15-6-3-4-8-16(15)17/h3-11,14,18-20H,12-13H2,1-2H3/t18-,19+,20+,23-/m1/s1. The lowest BCUT2D eigenvalue weighted by Gasteiger charge is -2.23. The predicted octanol–water partition coefficient (Wildman–Crippen LogP) is 3.33. The van der Waals surface area contributed by atoms with Gasteiger partial charge in [-0.1, -0.05) is 62.4 Å². The van der Waals surface area contributed by atoms with Gasteiger partial charge in [-0.2, -0.15) is 0 Å². The molecule has 3 aliphatic heterocycles. The summed E-state index contributed by atoms with van der Waals surface area (Å²) in [6, 6.07) is 14.0. The third-order valence-corrected chi connectivity index (χ3v) is 5.99. The average molecular weight is 377 g/mol. The first kappa shape index (κ1) is 17.4. The van der Waals surface area contributed by atoms with Gasteiger partial charge in [0.2, 0.25) is 5.91 Å². The third kappa shape index (κ3) is 2.42. The number of hydrogen-bond acceptors (Lipinski definition) is 4. The van der Waals surface area contributed by atoms with E-state index in [0.717, 1.165) is 16.5 Å². The van der Waals surface area contributed by atoms with E-state index in [-0.39, 0.29) is 23.9 Å². The van der Waals surface area contributed by atoms with E-state index in [2.05, 4.69) is 0 Å². The van der Waals surface area contributed by atoms with E-state index in [4.69, 9.17) is 9.47 Å². The van der Waals surface area contributed by atoms with Crippen LogP contribution in [0, 0.1) is 17.8 Å². The minimum absolute atomic E-state index is 0.0605. The lowest BCUT2D eigenvalue weighted by atomic mass is 9.77. The molecule has 0 aliphatic carbocycles. The molecule has 2 fully saturated rings.